The van der Waals surface area contributed by atoms with Gasteiger partial charge in [0.25, 0.3) is 10.1 Å². The second-order valence-corrected chi connectivity index (χ2v) is 18.2. The summed E-state index contributed by atoms with van der Waals surface area (Å²) in [7, 11) is -5.51. The number of amides is 1. The highest BCUT2D eigenvalue weighted by molar-refractivity contribution is 7.85. The Kier molecular flexibility index (Phi) is 9.44. The lowest BCUT2D eigenvalue weighted by Crippen LogP contribution is -2.50. The number of hydrogen-bond donors (Lipinski definition) is 0. The zero-order valence-electron chi connectivity index (χ0n) is 21.9. The molecule has 0 radical (unpaired) electrons. The number of nitrogens with zero attached hydrogens (tertiary/aromatic N) is 1. The van der Waals surface area contributed by atoms with Gasteiger partial charge in [-0.25, -0.2) is 4.79 Å². The molecule has 2 atom stereocenters. The summed E-state index contributed by atoms with van der Waals surface area (Å²) in [6.07, 6.45) is 1.73. The highest BCUT2D eigenvalue weighted by Gasteiger charge is 2.46. The molecule has 1 aliphatic rings. The summed E-state index contributed by atoms with van der Waals surface area (Å²) in [5, 5.41) is 0.0574. The third-order valence-electron chi connectivity index (χ3n) is 6.08. The van der Waals surface area contributed by atoms with E-state index in [1.54, 1.807) is 4.90 Å². The summed E-state index contributed by atoms with van der Waals surface area (Å²) in [6, 6.07) is -0.203. The molecule has 0 aromatic carbocycles. The molecule has 0 aromatic heterocycles. The van der Waals surface area contributed by atoms with Crippen molar-refractivity contribution in [3.63, 3.8) is 0 Å². The quantitative estimate of drug-likeness (QED) is 0.336. The molecule has 0 aromatic rings. The minimum absolute atomic E-state index is 0.00156. The van der Waals surface area contributed by atoms with Gasteiger partial charge in [0, 0.05) is 6.61 Å². The number of hydrogen-bond acceptors (Lipinski definition) is 7. The zero-order valence-corrected chi connectivity index (χ0v) is 23.7. The van der Waals surface area contributed by atoms with Crippen LogP contribution < -0.4 is 0 Å². The molecule has 8 nitrogen and oxygen atoms in total. The molecule has 1 amide bonds. The van der Waals surface area contributed by atoms with Crippen LogP contribution in [0.5, 0.6) is 0 Å². The monoisotopic (exact) mass is 495 g/mol. The SMILES string of the molecule is CC(C)(C)OC(=O)N1[C@@H](CC(CCOS(C)(=O)=O)CO[Si](C)(C)C(C)(C)C)COC1(C)C. The molecule has 1 heterocycles. The Bertz CT molecular complexity index is 738. The molecular weight excluding hydrogens is 450 g/mol. The lowest BCUT2D eigenvalue weighted by Gasteiger charge is -2.38. The van der Waals surface area contributed by atoms with E-state index in [-0.39, 0.29) is 23.6 Å². The highest BCUT2D eigenvalue weighted by Crippen LogP contribution is 2.38. The molecule has 1 fully saturated rings. The number of rotatable bonds is 9. The standard InChI is InChI=1S/C22H45NO7SSi/c1-20(2,3)30-19(24)23-18(16-27-22(23,7)8)14-17(12-13-28-31(9,25)26)15-29-32(10,11)21(4,5)6/h17-18H,12-16H2,1-11H3/t17?,18-/m0/s1. The van der Waals surface area contributed by atoms with Crippen molar-refractivity contribution in [3.05, 3.63) is 0 Å². The van der Waals surface area contributed by atoms with Gasteiger partial charge in [0.15, 0.2) is 8.32 Å². The van der Waals surface area contributed by atoms with E-state index in [0.29, 0.717) is 26.1 Å². The maximum absolute atomic E-state index is 13.0. The van der Waals surface area contributed by atoms with Crippen molar-refractivity contribution >= 4 is 24.5 Å². The van der Waals surface area contributed by atoms with Crippen molar-refractivity contribution in [1.29, 1.82) is 0 Å². The molecule has 1 unspecified atom stereocenters. The van der Waals surface area contributed by atoms with Gasteiger partial charge in [-0.1, -0.05) is 20.8 Å². The number of carbonyl (C=O) groups excluding carboxylic acids is 1. The third kappa shape index (κ3) is 9.28. The molecule has 0 bridgehead atoms. The maximum atomic E-state index is 13.0. The zero-order chi connectivity index (χ0) is 25.2. The Morgan fingerprint density at radius 1 is 1.19 bits per heavy atom. The van der Waals surface area contributed by atoms with E-state index in [0.717, 1.165) is 6.26 Å². The van der Waals surface area contributed by atoms with Crippen LogP contribution >= 0.6 is 0 Å². The molecule has 32 heavy (non-hydrogen) atoms. The Hall–Kier alpha value is -0.683. The number of carbonyl (C=O) groups is 1. The molecule has 190 valence electrons. The van der Waals surface area contributed by atoms with E-state index >= 15 is 0 Å². The van der Waals surface area contributed by atoms with Crippen LogP contribution in [0.1, 0.15) is 68.2 Å². The largest absolute Gasteiger partial charge is 0.444 e. The minimum Gasteiger partial charge on any atom is -0.444 e. The fourth-order valence-corrected chi connectivity index (χ4v) is 4.78. The van der Waals surface area contributed by atoms with Crippen LogP contribution in [0.3, 0.4) is 0 Å². The lowest BCUT2D eigenvalue weighted by molar-refractivity contribution is -0.0633. The van der Waals surface area contributed by atoms with Crippen molar-refractivity contribution in [2.75, 3.05) is 26.1 Å². The van der Waals surface area contributed by atoms with E-state index < -0.39 is 35.9 Å². The molecule has 0 spiro atoms. The first kappa shape index (κ1) is 29.3. The summed E-state index contributed by atoms with van der Waals surface area (Å²) in [5.41, 5.74) is -1.41. The summed E-state index contributed by atoms with van der Waals surface area (Å²) in [6.45, 7) is 21.1. The maximum Gasteiger partial charge on any atom is 0.412 e. The van der Waals surface area contributed by atoms with Crippen LogP contribution in [-0.2, 0) is 28.2 Å². The third-order valence-corrected chi connectivity index (χ3v) is 11.2. The molecule has 10 heteroatoms. The Balaban J connectivity index is 3.00. The second-order valence-electron chi connectivity index (χ2n) is 11.7. The van der Waals surface area contributed by atoms with E-state index in [1.807, 2.05) is 34.6 Å². The van der Waals surface area contributed by atoms with Crippen molar-refractivity contribution in [2.45, 2.75) is 104 Å². The molecule has 1 aliphatic heterocycles. The van der Waals surface area contributed by atoms with Gasteiger partial charge in [-0.2, -0.15) is 8.42 Å². The van der Waals surface area contributed by atoms with Crippen molar-refractivity contribution in [3.8, 4) is 0 Å². The summed E-state index contributed by atoms with van der Waals surface area (Å²) >= 11 is 0. The fourth-order valence-electron chi connectivity index (χ4n) is 3.30. The molecule has 0 N–H and O–H groups in total. The van der Waals surface area contributed by atoms with Crippen LogP contribution in [0.15, 0.2) is 0 Å². The van der Waals surface area contributed by atoms with Gasteiger partial charge in [0.05, 0.1) is 25.5 Å². The van der Waals surface area contributed by atoms with E-state index in [4.69, 9.17) is 18.1 Å². The van der Waals surface area contributed by atoms with Gasteiger partial charge in [-0.3, -0.25) is 9.08 Å². The van der Waals surface area contributed by atoms with E-state index in [2.05, 4.69) is 33.9 Å². The van der Waals surface area contributed by atoms with Crippen LogP contribution in [-0.4, -0.2) is 71.2 Å². The molecule has 1 saturated heterocycles. The Labute approximate surface area is 196 Å². The minimum atomic E-state index is -3.52. The average molecular weight is 496 g/mol. The first-order chi connectivity index (χ1) is 14.1. The van der Waals surface area contributed by atoms with Crippen LogP contribution in [0, 0.1) is 5.92 Å². The average Bonchev–Trinajstić information content (AvgIpc) is 2.83. The van der Waals surface area contributed by atoms with Crippen molar-refractivity contribution < 1.29 is 31.3 Å². The first-order valence-electron chi connectivity index (χ1n) is 11.3. The molecular formula is C22H45NO7SSi. The summed E-state index contributed by atoms with van der Waals surface area (Å²) in [5.74, 6) is -0.00156. The van der Waals surface area contributed by atoms with Crippen LogP contribution in [0.2, 0.25) is 18.1 Å². The molecule has 1 rings (SSSR count). The van der Waals surface area contributed by atoms with E-state index in [1.165, 1.54) is 0 Å². The normalized spacial score (nSPS) is 21.0. The predicted molar refractivity (Wildman–Crippen MR) is 129 cm³/mol. The van der Waals surface area contributed by atoms with Gasteiger partial charge < -0.3 is 13.9 Å². The van der Waals surface area contributed by atoms with Crippen molar-refractivity contribution in [2.24, 2.45) is 5.92 Å². The highest BCUT2D eigenvalue weighted by atomic mass is 32.2. The summed E-state index contributed by atoms with van der Waals surface area (Å²) < 4.78 is 45.8. The van der Waals surface area contributed by atoms with Gasteiger partial charge in [0.2, 0.25) is 0 Å². The van der Waals surface area contributed by atoms with Gasteiger partial charge in [0.1, 0.15) is 11.3 Å². The molecule has 0 saturated carbocycles. The smallest absolute Gasteiger partial charge is 0.412 e. The predicted octanol–water partition coefficient (Wildman–Crippen LogP) is 4.75. The van der Waals surface area contributed by atoms with Crippen LogP contribution in [0.4, 0.5) is 4.79 Å². The second kappa shape index (κ2) is 10.3. The van der Waals surface area contributed by atoms with E-state index in [9.17, 15) is 13.2 Å². The van der Waals surface area contributed by atoms with Crippen molar-refractivity contribution in [1.82, 2.24) is 4.90 Å². The molecule has 0 aliphatic carbocycles. The fraction of sp³-hybridized carbons (Fsp3) is 0.955. The Morgan fingerprint density at radius 2 is 1.75 bits per heavy atom. The van der Waals surface area contributed by atoms with Crippen LogP contribution in [0.25, 0.3) is 0 Å². The summed E-state index contributed by atoms with van der Waals surface area (Å²) in [4.78, 5) is 14.6. The van der Waals surface area contributed by atoms with Gasteiger partial charge in [-0.05, 0) is 71.5 Å². The topological polar surface area (TPSA) is 91.4 Å². The first-order valence-corrected chi connectivity index (χ1v) is 16.0. The Morgan fingerprint density at radius 3 is 2.22 bits per heavy atom. The number of ether oxygens (including phenoxy) is 2. The van der Waals surface area contributed by atoms with Gasteiger partial charge in [-0.15, -0.1) is 0 Å². The van der Waals surface area contributed by atoms with Gasteiger partial charge >= 0.3 is 6.09 Å². The lowest BCUT2D eigenvalue weighted by atomic mass is 9.97.